The minimum Gasteiger partial charge on any atom is -0.481 e. The highest BCUT2D eigenvalue weighted by atomic mass is 79.9. The van der Waals surface area contributed by atoms with Gasteiger partial charge >= 0.3 is 0 Å². The predicted molar refractivity (Wildman–Crippen MR) is 121 cm³/mol. The van der Waals surface area contributed by atoms with E-state index in [1.165, 1.54) is 0 Å². The van der Waals surface area contributed by atoms with Gasteiger partial charge in [0.2, 0.25) is 0 Å². The zero-order valence-corrected chi connectivity index (χ0v) is 17.4. The molecule has 1 amide bonds. The summed E-state index contributed by atoms with van der Waals surface area (Å²) in [5.74, 6) is 0.314. The molecule has 1 atom stereocenters. The molecule has 4 nitrogen and oxygen atoms in total. The van der Waals surface area contributed by atoms with Gasteiger partial charge < -0.3 is 4.74 Å². The summed E-state index contributed by atoms with van der Waals surface area (Å²) in [5, 5.41) is 8.64. The molecule has 4 aromatic carbocycles. The van der Waals surface area contributed by atoms with Crippen LogP contribution in [0.25, 0.3) is 21.5 Å². The Hall–Kier alpha value is -3.18. The van der Waals surface area contributed by atoms with Gasteiger partial charge in [-0.05, 0) is 58.8 Å². The van der Waals surface area contributed by atoms with Crippen molar-refractivity contribution in [1.82, 2.24) is 5.43 Å². The van der Waals surface area contributed by atoms with E-state index in [0.717, 1.165) is 31.6 Å². The van der Waals surface area contributed by atoms with E-state index in [0.29, 0.717) is 5.75 Å². The third-order valence-corrected chi connectivity index (χ3v) is 5.21. The summed E-state index contributed by atoms with van der Waals surface area (Å²) in [6, 6.07) is 25.8. The van der Waals surface area contributed by atoms with Crippen molar-refractivity contribution in [3.63, 3.8) is 0 Å². The summed E-state index contributed by atoms with van der Waals surface area (Å²) < 4.78 is 6.62. The second-order valence-corrected chi connectivity index (χ2v) is 7.60. The molecule has 0 bridgehead atoms. The Balaban J connectivity index is 1.54. The first kappa shape index (κ1) is 19.2. The van der Waals surface area contributed by atoms with Crippen molar-refractivity contribution >= 4 is 49.6 Å². The Kier molecular flexibility index (Phi) is 5.58. The van der Waals surface area contributed by atoms with Crippen molar-refractivity contribution in [2.45, 2.75) is 13.0 Å². The van der Waals surface area contributed by atoms with Crippen molar-refractivity contribution in [3.8, 4) is 5.75 Å². The SMILES string of the molecule is CC(Oc1ccc(Br)cc1)C(=O)N/N=C/c1c2ccccc2cc2ccccc12. The zero-order valence-electron chi connectivity index (χ0n) is 15.8. The lowest BCUT2D eigenvalue weighted by Gasteiger charge is -2.13. The van der Waals surface area contributed by atoms with Gasteiger partial charge in [-0.15, -0.1) is 0 Å². The molecular formula is C24H19BrN2O2. The number of benzene rings is 4. The number of nitrogens with one attached hydrogen (secondary N) is 1. The minimum atomic E-state index is -0.669. The van der Waals surface area contributed by atoms with Crippen LogP contribution in [0, 0.1) is 0 Å². The molecule has 0 aliphatic heterocycles. The van der Waals surface area contributed by atoms with Gasteiger partial charge in [0.25, 0.3) is 5.91 Å². The highest BCUT2D eigenvalue weighted by Crippen LogP contribution is 2.27. The number of halogens is 1. The van der Waals surface area contributed by atoms with E-state index in [4.69, 9.17) is 4.74 Å². The third-order valence-electron chi connectivity index (χ3n) is 4.68. The largest absolute Gasteiger partial charge is 0.481 e. The molecule has 29 heavy (non-hydrogen) atoms. The number of nitrogens with zero attached hydrogens (tertiary/aromatic N) is 1. The molecular weight excluding hydrogens is 428 g/mol. The van der Waals surface area contributed by atoms with Gasteiger partial charge in [-0.3, -0.25) is 4.79 Å². The number of hydrogen-bond donors (Lipinski definition) is 1. The van der Waals surface area contributed by atoms with Gasteiger partial charge in [0.1, 0.15) is 5.75 Å². The van der Waals surface area contributed by atoms with E-state index in [2.05, 4.69) is 56.8 Å². The fraction of sp³-hybridized carbons (Fsp3) is 0.0833. The van der Waals surface area contributed by atoms with E-state index < -0.39 is 6.10 Å². The molecule has 0 heterocycles. The lowest BCUT2D eigenvalue weighted by molar-refractivity contribution is -0.127. The summed E-state index contributed by atoms with van der Waals surface area (Å²) in [5.41, 5.74) is 3.56. The topological polar surface area (TPSA) is 50.7 Å². The molecule has 144 valence electrons. The molecule has 0 aliphatic rings. The average Bonchev–Trinajstić information content (AvgIpc) is 2.74. The number of ether oxygens (including phenoxy) is 1. The predicted octanol–water partition coefficient (Wildman–Crippen LogP) is 5.67. The van der Waals surface area contributed by atoms with E-state index in [9.17, 15) is 4.79 Å². The molecule has 0 saturated heterocycles. The van der Waals surface area contributed by atoms with Crippen LogP contribution < -0.4 is 10.2 Å². The van der Waals surface area contributed by atoms with Crippen molar-refractivity contribution in [2.24, 2.45) is 5.10 Å². The van der Waals surface area contributed by atoms with Gasteiger partial charge in [-0.2, -0.15) is 5.10 Å². The van der Waals surface area contributed by atoms with E-state index >= 15 is 0 Å². The molecule has 1 unspecified atom stereocenters. The maximum atomic E-state index is 12.4. The van der Waals surface area contributed by atoms with Crippen LogP contribution in [0.5, 0.6) is 5.75 Å². The maximum Gasteiger partial charge on any atom is 0.280 e. The van der Waals surface area contributed by atoms with Crippen LogP contribution in [-0.2, 0) is 4.79 Å². The van der Waals surface area contributed by atoms with Crippen LogP contribution >= 0.6 is 15.9 Å². The minimum absolute atomic E-state index is 0.311. The van der Waals surface area contributed by atoms with Crippen molar-refractivity contribution < 1.29 is 9.53 Å². The van der Waals surface area contributed by atoms with E-state index in [1.807, 2.05) is 36.4 Å². The fourth-order valence-electron chi connectivity index (χ4n) is 3.21. The first-order valence-electron chi connectivity index (χ1n) is 9.27. The number of hydrazone groups is 1. The molecule has 4 rings (SSSR count). The van der Waals surface area contributed by atoms with Crippen LogP contribution in [0.3, 0.4) is 0 Å². The van der Waals surface area contributed by atoms with Gasteiger partial charge in [-0.25, -0.2) is 5.43 Å². The third kappa shape index (κ3) is 4.30. The Morgan fingerprint density at radius 2 is 1.55 bits per heavy atom. The number of rotatable bonds is 5. The second kappa shape index (κ2) is 8.45. The summed E-state index contributed by atoms with van der Waals surface area (Å²) in [4.78, 5) is 12.4. The van der Waals surface area contributed by atoms with Gasteiger partial charge in [-0.1, -0.05) is 64.5 Å². The van der Waals surface area contributed by atoms with Crippen molar-refractivity contribution in [2.75, 3.05) is 0 Å². The van der Waals surface area contributed by atoms with Crippen LogP contribution in [-0.4, -0.2) is 18.2 Å². The van der Waals surface area contributed by atoms with Gasteiger partial charge in [0, 0.05) is 10.0 Å². The van der Waals surface area contributed by atoms with E-state index in [-0.39, 0.29) is 5.91 Å². The van der Waals surface area contributed by atoms with Crippen molar-refractivity contribution in [3.05, 3.63) is 88.9 Å². The van der Waals surface area contributed by atoms with Crippen LogP contribution in [0.1, 0.15) is 12.5 Å². The second-order valence-electron chi connectivity index (χ2n) is 6.68. The Morgan fingerprint density at radius 1 is 0.966 bits per heavy atom. The molecule has 0 spiro atoms. The normalized spacial score (nSPS) is 12.3. The standard InChI is InChI=1S/C24H19BrN2O2/c1-16(29-20-12-10-19(25)11-13-20)24(28)27-26-15-23-21-8-4-2-6-17(21)14-18-7-3-5-9-22(18)23/h2-16H,1H3,(H,27,28)/b26-15+. The first-order valence-corrected chi connectivity index (χ1v) is 10.1. The summed E-state index contributed by atoms with van der Waals surface area (Å²) in [6.07, 6.45) is 1.03. The van der Waals surface area contributed by atoms with Crippen LogP contribution in [0.15, 0.2) is 88.4 Å². The van der Waals surface area contributed by atoms with Crippen LogP contribution in [0.4, 0.5) is 0 Å². The number of amides is 1. The number of carbonyl (C=O) groups is 1. The first-order chi connectivity index (χ1) is 14.1. The van der Waals surface area contributed by atoms with Gasteiger partial charge in [0.05, 0.1) is 6.21 Å². The molecule has 0 aromatic heterocycles. The molecule has 0 radical (unpaired) electrons. The zero-order chi connectivity index (χ0) is 20.2. The average molecular weight is 447 g/mol. The van der Waals surface area contributed by atoms with Crippen molar-refractivity contribution in [1.29, 1.82) is 0 Å². The lowest BCUT2D eigenvalue weighted by Crippen LogP contribution is -2.33. The van der Waals surface area contributed by atoms with Gasteiger partial charge in [0.15, 0.2) is 6.10 Å². The summed E-state index contributed by atoms with van der Waals surface area (Å²) in [7, 11) is 0. The number of fused-ring (bicyclic) bond motifs is 2. The summed E-state index contributed by atoms with van der Waals surface area (Å²) >= 11 is 3.38. The molecule has 5 heteroatoms. The summed E-state index contributed by atoms with van der Waals surface area (Å²) in [6.45, 7) is 1.69. The Labute approximate surface area is 177 Å². The highest BCUT2D eigenvalue weighted by molar-refractivity contribution is 9.10. The molecule has 0 fully saturated rings. The number of carbonyl (C=O) groups excluding carboxylic acids is 1. The Morgan fingerprint density at radius 3 is 2.17 bits per heavy atom. The smallest absolute Gasteiger partial charge is 0.280 e. The molecule has 0 aliphatic carbocycles. The lowest BCUT2D eigenvalue weighted by atomic mass is 9.97. The molecule has 1 N–H and O–H groups in total. The highest BCUT2D eigenvalue weighted by Gasteiger charge is 2.14. The fourth-order valence-corrected chi connectivity index (χ4v) is 3.47. The number of hydrogen-bond acceptors (Lipinski definition) is 3. The molecule has 0 saturated carbocycles. The quantitative estimate of drug-likeness (QED) is 0.243. The molecule has 4 aromatic rings. The van der Waals surface area contributed by atoms with E-state index in [1.54, 1.807) is 25.3 Å². The maximum absolute atomic E-state index is 12.4. The van der Waals surface area contributed by atoms with Crippen LogP contribution in [0.2, 0.25) is 0 Å². The monoisotopic (exact) mass is 446 g/mol. The Bertz CT molecular complexity index is 1150.